The summed E-state index contributed by atoms with van der Waals surface area (Å²) in [7, 11) is -2.29. The second-order valence-corrected chi connectivity index (χ2v) is 9.89. The lowest BCUT2D eigenvalue weighted by atomic mass is 9.68. The molecule has 0 spiro atoms. The lowest BCUT2D eigenvalue weighted by molar-refractivity contribution is -0.147. The molecule has 2 aliphatic carbocycles. The Morgan fingerprint density at radius 3 is 2.20 bits per heavy atom. The molecular formula is C23H21NO5P+. The van der Waals surface area contributed by atoms with Gasteiger partial charge >= 0.3 is 13.3 Å². The van der Waals surface area contributed by atoms with Crippen LogP contribution < -0.4 is 10.6 Å². The van der Waals surface area contributed by atoms with E-state index < -0.39 is 47.5 Å². The molecule has 0 saturated heterocycles. The summed E-state index contributed by atoms with van der Waals surface area (Å²) < 4.78 is 12.6. The zero-order valence-electron chi connectivity index (χ0n) is 16.7. The third kappa shape index (κ3) is 2.78. The summed E-state index contributed by atoms with van der Waals surface area (Å²) >= 11 is 0. The Bertz CT molecular complexity index is 1090. The first-order valence-corrected chi connectivity index (χ1v) is 11.0. The molecule has 0 aliphatic heterocycles. The van der Waals surface area contributed by atoms with Gasteiger partial charge in [0.25, 0.3) is 0 Å². The summed E-state index contributed by atoms with van der Waals surface area (Å²) in [6.45, 7) is 3.60. The number of hydrogen-bond acceptors (Lipinski definition) is 5. The fourth-order valence-electron chi connectivity index (χ4n) is 4.82. The summed E-state index contributed by atoms with van der Waals surface area (Å²) in [5.41, 5.74) is -1.74. The summed E-state index contributed by atoms with van der Waals surface area (Å²) in [6.07, 6.45) is 0.891. The molecule has 2 aromatic rings. The first kappa shape index (κ1) is 20.3. The van der Waals surface area contributed by atoms with Gasteiger partial charge in [0.05, 0.1) is 5.56 Å². The largest absolute Gasteiger partial charge is 0.458 e. The van der Waals surface area contributed by atoms with Crippen LogP contribution in [-0.2, 0) is 18.9 Å². The van der Waals surface area contributed by atoms with E-state index in [0.717, 1.165) is 0 Å². The van der Waals surface area contributed by atoms with Gasteiger partial charge in [-0.25, -0.2) is 4.79 Å². The number of Topliss-reactive ketones (excluding diaryl/α,β-unsaturated/α-hetero) is 2. The minimum absolute atomic E-state index is 0.350. The number of anilines is 1. The van der Waals surface area contributed by atoms with Crippen LogP contribution in [0.25, 0.3) is 0 Å². The molecule has 2 aliphatic rings. The second-order valence-electron chi connectivity index (χ2n) is 8.38. The zero-order chi connectivity index (χ0) is 21.7. The molecule has 0 aromatic heterocycles. The predicted molar refractivity (Wildman–Crippen MR) is 112 cm³/mol. The lowest BCUT2D eigenvalue weighted by Crippen LogP contribution is -2.47. The third-order valence-corrected chi connectivity index (χ3v) is 8.05. The molecule has 1 N–H and O–H groups in total. The number of nitrogens with one attached hydrogen (secondary N) is 1. The molecule has 3 atom stereocenters. The van der Waals surface area contributed by atoms with Crippen LogP contribution in [-0.4, -0.2) is 23.0 Å². The van der Waals surface area contributed by atoms with Gasteiger partial charge in [-0.1, -0.05) is 36.6 Å². The van der Waals surface area contributed by atoms with Crippen LogP contribution in [0.4, 0.5) is 5.69 Å². The van der Waals surface area contributed by atoms with Gasteiger partial charge in [-0.15, -0.1) is 0 Å². The Labute approximate surface area is 174 Å². The lowest BCUT2D eigenvalue weighted by Gasteiger charge is -2.33. The summed E-state index contributed by atoms with van der Waals surface area (Å²) in [6, 6.07) is 14.6. The van der Waals surface area contributed by atoms with Crippen molar-refractivity contribution in [2.24, 2.45) is 16.7 Å². The van der Waals surface area contributed by atoms with E-state index in [4.69, 9.17) is 0 Å². The van der Waals surface area contributed by atoms with Gasteiger partial charge in [0.15, 0.2) is 5.30 Å². The molecule has 2 aromatic carbocycles. The van der Waals surface area contributed by atoms with Gasteiger partial charge < -0.3 is 5.32 Å². The fraction of sp³-hybridized carbons (Fsp3) is 0.304. The number of benzene rings is 2. The van der Waals surface area contributed by atoms with Crippen LogP contribution in [0, 0.1) is 16.7 Å². The van der Waals surface area contributed by atoms with E-state index in [1.807, 2.05) is 0 Å². The predicted octanol–water partition coefficient (Wildman–Crippen LogP) is 3.49. The van der Waals surface area contributed by atoms with Crippen LogP contribution in [0.5, 0.6) is 0 Å². The zero-order valence-corrected chi connectivity index (χ0v) is 17.6. The number of hydrogen-bond donors (Lipinski definition) is 1. The van der Waals surface area contributed by atoms with Gasteiger partial charge in [-0.3, -0.25) is 14.4 Å². The highest BCUT2D eigenvalue weighted by Gasteiger charge is 2.72. The molecule has 2 bridgehead atoms. The highest BCUT2D eigenvalue weighted by Crippen LogP contribution is 2.62. The van der Waals surface area contributed by atoms with Gasteiger partial charge in [0, 0.05) is 11.6 Å². The average molecular weight is 422 g/mol. The Hall–Kier alpha value is -2.98. The molecule has 4 rings (SSSR count). The van der Waals surface area contributed by atoms with Crippen molar-refractivity contribution in [1.29, 1.82) is 0 Å². The van der Waals surface area contributed by atoms with Crippen LogP contribution in [0.1, 0.15) is 37.0 Å². The number of carbonyl (C=O) groups is 4. The van der Waals surface area contributed by atoms with Crippen molar-refractivity contribution in [3.05, 3.63) is 60.2 Å². The van der Waals surface area contributed by atoms with E-state index in [0.29, 0.717) is 29.4 Å². The number of ketones is 2. The van der Waals surface area contributed by atoms with Gasteiger partial charge in [-0.2, -0.15) is 0 Å². The first-order chi connectivity index (χ1) is 14.2. The molecule has 152 valence electrons. The quantitative estimate of drug-likeness (QED) is 0.452. The van der Waals surface area contributed by atoms with Crippen molar-refractivity contribution in [3.8, 4) is 0 Å². The highest BCUT2D eigenvalue weighted by atomic mass is 31.1. The van der Waals surface area contributed by atoms with Crippen LogP contribution >= 0.6 is 7.80 Å². The van der Waals surface area contributed by atoms with Crippen molar-refractivity contribution in [2.75, 3.05) is 5.32 Å². The fourth-order valence-corrected chi connectivity index (χ4v) is 5.86. The minimum Gasteiger partial charge on any atom is -0.325 e. The number of rotatable bonds is 5. The smallest absolute Gasteiger partial charge is 0.325 e. The van der Waals surface area contributed by atoms with Crippen LogP contribution in [0.2, 0.25) is 0 Å². The van der Waals surface area contributed by atoms with Crippen molar-refractivity contribution in [3.63, 3.8) is 0 Å². The first-order valence-electron chi connectivity index (χ1n) is 9.77. The average Bonchev–Trinajstić information content (AvgIpc) is 3.10. The van der Waals surface area contributed by atoms with Crippen LogP contribution in [0.15, 0.2) is 54.6 Å². The Balaban J connectivity index is 1.52. The summed E-state index contributed by atoms with van der Waals surface area (Å²) in [5.74, 6) is -1.95. The number of fused-ring (bicyclic) bond motifs is 2. The maximum absolute atomic E-state index is 13.1. The van der Waals surface area contributed by atoms with Gasteiger partial charge in [0.1, 0.15) is 5.41 Å². The standard InChI is InChI=1S/C23H20NO5P/c1-22(2)17-12-13-23(22,19(26)18(17)25)21(28)24-15-8-10-16(11-9-15)30(29)20(27)14-6-4-3-5-7-14/h3-11,17H,12-13H2,1-2H3/p+1. The molecule has 30 heavy (non-hydrogen) atoms. The van der Waals surface area contributed by atoms with E-state index in [1.54, 1.807) is 56.3 Å². The summed E-state index contributed by atoms with van der Waals surface area (Å²) in [4.78, 5) is 50.3. The second kappa shape index (κ2) is 7.06. The normalized spacial score (nSPS) is 24.6. The molecular weight excluding hydrogens is 401 g/mol. The maximum Gasteiger partial charge on any atom is 0.458 e. The van der Waals surface area contributed by atoms with Crippen molar-refractivity contribution in [1.82, 2.24) is 0 Å². The Morgan fingerprint density at radius 1 is 1.00 bits per heavy atom. The van der Waals surface area contributed by atoms with Crippen LogP contribution in [0.3, 0.4) is 0 Å². The van der Waals surface area contributed by atoms with E-state index in [9.17, 15) is 23.7 Å². The SMILES string of the molecule is CC1(C)C2CCC1(C(=O)Nc1ccc([P+](=O)C(=O)c3ccccc3)cc1)C(=O)C2=O. The molecule has 7 heteroatoms. The number of carbonyl (C=O) groups excluding carboxylic acids is 4. The van der Waals surface area contributed by atoms with Crippen molar-refractivity contribution >= 4 is 41.8 Å². The highest BCUT2D eigenvalue weighted by molar-refractivity contribution is 7.71. The van der Waals surface area contributed by atoms with Gasteiger partial charge in [0.2, 0.25) is 17.5 Å². The van der Waals surface area contributed by atoms with Gasteiger partial charge in [-0.05, 0) is 54.7 Å². The molecule has 3 unspecified atom stereocenters. The maximum atomic E-state index is 13.1. The topological polar surface area (TPSA) is 97.4 Å². The van der Waals surface area contributed by atoms with E-state index >= 15 is 0 Å². The molecule has 1 amide bonds. The molecule has 2 saturated carbocycles. The Morgan fingerprint density at radius 2 is 1.63 bits per heavy atom. The van der Waals surface area contributed by atoms with Crippen molar-refractivity contribution < 1.29 is 23.7 Å². The van der Waals surface area contributed by atoms with E-state index in [1.165, 1.54) is 12.1 Å². The minimum atomic E-state index is -2.29. The van der Waals surface area contributed by atoms with Crippen molar-refractivity contribution in [2.45, 2.75) is 26.7 Å². The summed E-state index contributed by atoms with van der Waals surface area (Å²) in [5, 5.41) is 3.09. The van der Waals surface area contributed by atoms with E-state index in [2.05, 4.69) is 5.32 Å². The molecule has 2 fully saturated rings. The molecule has 0 heterocycles. The third-order valence-electron chi connectivity index (χ3n) is 6.66. The monoisotopic (exact) mass is 422 g/mol. The Kier molecular flexibility index (Phi) is 4.78. The molecule has 6 nitrogen and oxygen atoms in total. The molecule has 0 radical (unpaired) electrons. The number of amides is 1. The van der Waals surface area contributed by atoms with E-state index in [-0.39, 0.29) is 0 Å².